The van der Waals surface area contributed by atoms with E-state index in [0.717, 1.165) is 12.6 Å². The summed E-state index contributed by atoms with van der Waals surface area (Å²) in [6.07, 6.45) is 1.88. The van der Waals surface area contributed by atoms with Crippen molar-refractivity contribution in [3.05, 3.63) is 0 Å². The second-order valence-electron chi connectivity index (χ2n) is 4.97. The highest BCUT2D eigenvalue weighted by Crippen LogP contribution is 2.06. The van der Waals surface area contributed by atoms with Gasteiger partial charge in [0, 0.05) is 10.8 Å². The van der Waals surface area contributed by atoms with Crippen LogP contribution in [0, 0.1) is 10.8 Å². The molecular weight excluding hydrogens is 164 g/mol. The molecule has 0 aliphatic rings. The molecule has 0 amide bonds. The molecule has 0 heterocycles. The molecule has 0 aromatic carbocycles. The lowest BCUT2D eigenvalue weighted by Crippen LogP contribution is -2.04. The molecule has 0 aromatic rings. The van der Waals surface area contributed by atoms with Crippen LogP contribution in [0.3, 0.4) is 0 Å². The van der Waals surface area contributed by atoms with Crippen LogP contribution in [0.5, 0.6) is 0 Å². The molecule has 0 bridgehead atoms. The highest BCUT2D eigenvalue weighted by atomic mass is 16.1. The summed E-state index contributed by atoms with van der Waals surface area (Å²) in [5.74, 6) is 0. The molecule has 0 atom stereocenters. The van der Waals surface area contributed by atoms with E-state index in [1.807, 2.05) is 41.5 Å². The Kier molecular flexibility index (Phi) is 9.53. The highest BCUT2D eigenvalue weighted by molar-refractivity contribution is 5.57. The zero-order valence-corrected chi connectivity index (χ0v) is 8.97. The number of aldehydes is 2. The van der Waals surface area contributed by atoms with Crippen molar-refractivity contribution in [2.45, 2.75) is 49.0 Å². The number of rotatable bonds is 0. The standard InChI is InChI=1S/2C5H10O.CH4/c2*1-5(2,3)4-6;/h2*4H,1-3H3;1H4. The summed E-state index contributed by atoms with van der Waals surface area (Å²) in [6, 6.07) is 0. The third kappa shape index (κ3) is 34.7. The fraction of sp³-hybridized carbons (Fsp3) is 0.818. The second-order valence-corrected chi connectivity index (χ2v) is 4.97. The van der Waals surface area contributed by atoms with Gasteiger partial charge in [-0.25, -0.2) is 0 Å². The average molecular weight is 188 g/mol. The summed E-state index contributed by atoms with van der Waals surface area (Å²) in [7, 11) is 0. The van der Waals surface area contributed by atoms with Crippen LogP contribution in [0.2, 0.25) is 0 Å². The Balaban J connectivity index is -0.000000143. The Morgan fingerprint density at radius 2 is 0.769 bits per heavy atom. The van der Waals surface area contributed by atoms with Crippen molar-refractivity contribution in [1.82, 2.24) is 0 Å². The van der Waals surface area contributed by atoms with Gasteiger partial charge in [-0.05, 0) is 0 Å². The first-order chi connectivity index (χ1) is 5.12. The van der Waals surface area contributed by atoms with Crippen LogP contribution in [0.15, 0.2) is 0 Å². The first kappa shape index (κ1) is 18.2. The van der Waals surface area contributed by atoms with Crippen molar-refractivity contribution in [1.29, 1.82) is 0 Å². The first-order valence-electron chi connectivity index (χ1n) is 4.05. The van der Waals surface area contributed by atoms with Crippen LogP contribution < -0.4 is 0 Å². The van der Waals surface area contributed by atoms with E-state index in [4.69, 9.17) is 0 Å². The van der Waals surface area contributed by atoms with Gasteiger partial charge in [0.05, 0.1) is 0 Å². The van der Waals surface area contributed by atoms with Gasteiger partial charge >= 0.3 is 0 Å². The molecule has 0 aliphatic carbocycles. The number of carbonyl (C=O) groups is 2. The summed E-state index contributed by atoms with van der Waals surface area (Å²) < 4.78 is 0. The van der Waals surface area contributed by atoms with Crippen LogP contribution in [0.25, 0.3) is 0 Å². The summed E-state index contributed by atoms with van der Waals surface area (Å²) >= 11 is 0. The molecule has 0 fully saturated rings. The van der Waals surface area contributed by atoms with Crippen molar-refractivity contribution in [3.8, 4) is 0 Å². The topological polar surface area (TPSA) is 34.1 Å². The van der Waals surface area contributed by atoms with Crippen molar-refractivity contribution in [2.24, 2.45) is 10.8 Å². The first-order valence-corrected chi connectivity index (χ1v) is 4.05. The van der Waals surface area contributed by atoms with Crippen LogP contribution in [-0.2, 0) is 9.59 Å². The molecule has 0 unspecified atom stereocenters. The van der Waals surface area contributed by atoms with Crippen molar-refractivity contribution in [2.75, 3.05) is 0 Å². The molecule has 2 heteroatoms. The predicted octanol–water partition coefficient (Wildman–Crippen LogP) is 3.10. The lowest BCUT2D eigenvalue weighted by atomic mass is 10.0. The lowest BCUT2D eigenvalue weighted by molar-refractivity contribution is -0.114. The van der Waals surface area contributed by atoms with Crippen molar-refractivity contribution in [3.63, 3.8) is 0 Å². The van der Waals surface area contributed by atoms with Crippen LogP contribution in [0.4, 0.5) is 0 Å². The van der Waals surface area contributed by atoms with Gasteiger partial charge in [0.25, 0.3) is 0 Å². The molecule has 0 aliphatic heterocycles. The molecule has 2 nitrogen and oxygen atoms in total. The van der Waals surface area contributed by atoms with Gasteiger partial charge in [-0.3, -0.25) is 0 Å². The largest absolute Gasteiger partial charge is 0.303 e. The third-order valence-corrected chi connectivity index (χ3v) is 0.707. The monoisotopic (exact) mass is 188 g/mol. The minimum atomic E-state index is -0.139. The Morgan fingerprint density at radius 1 is 0.692 bits per heavy atom. The van der Waals surface area contributed by atoms with Crippen LogP contribution in [-0.4, -0.2) is 12.6 Å². The highest BCUT2D eigenvalue weighted by Gasteiger charge is 2.05. The Hall–Kier alpha value is -0.660. The molecule has 0 saturated carbocycles. The number of hydrogen-bond donors (Lipinski definition) is 0. The van der Waals surface area contributed by atoms with E-state index in [-0.39, 0.29) is 18.3 Å². The van der Waals surface area contributed by atoms with Gasteiger partial charge in [-0.2, -0.15) is 0 Å². The van der Waals surface area contributed by atoms with Crippen molar-refractivity contribution < 1.29 is 9.59 Å². The van der Waals surface area contributed by atoms with E-state index < -0.39 is 0 Å². The Labute approximate surface area is 82.7 Å². The molecule has 13 heavy (non-hydrogen) atoms. The zero-order valence-electron chi connectivity index (χ0n) is 8.97. The van der Waals surface area contributed by atoms with Crippen molar-refractivity contribution >= 4 is 12.6 Å². The normalized spacial score (nSPS) is 10.3. The molecule has 80 valence electrons. The van der Waals surface area contributed by atoms with Gasteiger partial charge in [0.2, 0.25) is 0 Å². The molecule has 0 saturated heterocycles. The lowest BCUT2D eigenvalue weighted by Gasteiger charge is -2.03. The van der Waals surface area contributed by atoms with Gasteiger partial charge in [0.1, 0.15) is 12.6 Å². The minimum absolute atomic E-state index is 0. The van der Waals surface area contributed by atoms with E-state index in [0.29, 0.717) is 0 Å². The summed E-state index contributed by atoms with van der Waals surface area (Å²) in [6.45, 7) is 11.2. The van der Waals surface area contributed by atoms with E-state index in [1.54, 1.807) is 0 Å². The Morgan fingerprint density at radius 3 is 0.769 bits per heavy atom. The maximum Gasteiger partial charge on any atom is 0.125 e. The number of hydrogen-bond acceptors (Lipinski definition) is 2. The maximum absolute atomic E-state index is 9.83. The van der Waals surface area contributed by atoms with E-state index in [2.05, 4.69) is 0 Å². The van der Waals surface area contributed by atoms with Gasteiger partial charge in [-0.15, -0.1) is 0 Å². The predicted molar refractivity (Wildman–Crippen MR) is 57.8 cm³/mol. The summed E-state index contributed by atoms with van der Waals surface area (Å²) in [5.41, 5.74) is -0.278. The van der Waals surface area contributed by atoms with E-state index in [9.17, 15) is 9.59 Å². The molecule has 0 aromatic heterocycles. The minimum Gasteiger partial charge on any atom is -0.303 e. The Bertz CT molecular complexity index is 117. The number of carbonyl (C=O) groups excluding carboxylic acids is 2. The molecular formula is C11H24O2. The molecule has 0 N–H and O–H groups in total. The second kappa shape index (κ2) is 6.81. The quantitative estimate of drug-likeness (QED) is 0.547. The molecule has 0 rings (SSSR count). The summed E-state index contributed by atoms with van der Waals surface area (Å²) in [5, 5.41) is 0. The molecule has 0 radical (unpaired) electrons. The van der Waals surface area contributed by atoms with Crippen LogP contribution in [0.1, 0.15) is 49.0 Å². The fourth-order valence-electron chi connectivity index (χ4n) is 0. The molecule has 0 spiro atoms. The smallest absolute Gasteiger partial charge is 0.125 e. The van der Waals surface area contributed by atoms with Gasteiger partial charge in [-0.1, -0.05) is 49.0 Å². The van der Waals surface area contributed by atoms with E-state index in [1.165, 1.54) is 0 Å². The van der Waals surface area contributed by atoms with Gasteiger partial charge in [0.15, 0.2) is 0 Å². The van der Waals surface area contributed by atoms with Gasteiger partial charge < -0.3 is 9.59 Å². The summed E-state index contributed by atoms with van der Waals surface area (Å²) in [4.78, 5) is 19.7. The third-order valence-electron chi connectivity index (χ3n) is 0.707. The maximum atomic E-state index is 9.83. The zero-order chi connectivity index (χ0) is 10.4. The SMILES string of the molecule is C.CC(C)(C)C=O.CC(C)(C)C=O. The van der Waals surface area contributed by atoms with E-state index >= 15 is 0 Å². The fourth-order valence-corrected chi connectivity index (χ4v) is 0. The average Bonchev–Trinajstić information content (AvgIpc) is 1.86. The van der Waals surface area contributed by atoms with Crippen LogP contribution >= 0.6 is 0 Å².